The largest absolute Gasteiger partial charge is 0.465 e. The minimum atomic E-state index is -0.630. The van der Waals surface area contributed by atoms with Crippen LogP contribution in [0.5, 0.6) is 0 Å². The number of hydrogen-bond donors (Lipinski definition) is 0. The van der Waals surface area contributed by atoms with Crippen molar-refractivity contribution in [3.8, 4) is 0 Å². The van der Waals surface area contributed by atoms with Crippen LogP contribution in [0.15, 0.2) is 23.8 Å². The van der Waals surface area contributed by atoms with Crippen LogP contribution in [-0.2, 0) is 19.1 Å². The van der Waals surface area contributed by atoms with Crippen LogP contribution in [-0.4, -0.2) is 24.1 Å². The fraction of sp³-hybridized carbons (Fsp3) is 0.667. The molecule has 0 aromatic rings. The highest BCUT2D eigenvalue weighted by Crippen LogP contribution is 2.62. The van der Waals surface area contributed by atoms with E-state index in [-0.39, 0.29) is 41.4 Å². The monoisotopic (exact) mass is 342 g/mol. The molecule has 4 heteroatoms. The maximum atomic E-state index is 13.0. The van der Waals surface area contributed by atoms with Gasteiger partial charge >= 0.3 is 5.97 Å². The minimum Gasteiger partial charge on any atom is -0.465 e. The van der Waals surface area contributed by atoms with Crippen molar-refractivity contribution in [1.29, 1.82) is 0 Å². The highest BCUT2D eigenvalue weighted by atomic mass is 16.5. The molecule has 4 aliphatic carbocycles. The van der Waals surface area contributed by atoms with E-state index in [1.54, 1.807) is 0 Å². The summed E-state index contributed by atoms with van der Waals surface area (Å²) in [5.74, 6) is 0.231. The van der Waals surface area contributed by atoms with Crippen LogP contribution in [0.1, 0.15) is 52.4 Å². The van der Waals surface area contributed by atoms with Gasteiger partial charge in [0.1, 0.15) is 12.4 Å². The number of ketones is 2. The Morgan fingerprint density at radius 1 is 1.24 bits per heavy atom. The van der Waals surface area contributed by atoms with Crippen LogP contribution in [0.2, 0.25) is 0 Å². The SMILES string of the molecule is CC(=O)OC[C@]12CC[C@H]3[C@@H](C(=O)C=C4C=CCC[C@@]43C)[C@@H]1CCC2=O. The second-order valence-corrected chi connectivity index (χ2v) is 8.54. The van der Waals surface area contributed by atoms with Crippen LogP contribution < -0.4 is 0 Å². The van der Waals surface area contributed by atoms with Crippen LogP contribution in [0.3, 0.4) is 0 Å². The van der Waals surface area contributed by atoms with E-state index in [9.17, 15) is 14.4 Å². The standard InChI is InChI=1S/C21H26O4/c1-13(22)25-12-21-10-8-15-19(16(21)6-7-18(21)24)17(23)11-14-5-3-4-9-20(14,15)2/h3,5,11,15-16,19H,4,6-10,12H2,1-2H3/t15-,16-,19+,20-,21+/m0/s1. The molecular formula is C21H26O4. The summed E-state index contributed by atoms with van der Waals surface area (Å²) in [6, 6.07) is 0. The molecule has 4 nitrogen and oxygen atoms in total. The van der Waals surface area contributed by atoms with Gasteiger partial charge in [-0.2, -0.15) is 0 Å². The van der Waals surface area contributed by atoms with Crippen molar-refractivity contribution in [3.63, 3.8) is 0 Å². The molecule has 0 aliphatic heterocycles. The van der Waals surface area contributed by atoms with Gasteiger partial charge in [0, 0.05) is 19.3 Å². The molecule has 4 aliphatic rings. The lowest BCUT2D eigenvalue weighted by molar-refractivity contribution is -0.156. The normalized spacial score (nSPS) is 42.3. The lowest BCUT2D eigenvalue weighted by Crippen LogP contribution is -2.54. The predicted molar refractivity (Wildman–Crippen MR) is 92.6 cm³/mol. The summed E-state index contributed by atoms with van der Waals surface area (Å²) in [7, 11) is 0. The summed E-state index contributed by atoms with van der Waals surface area (Å²) in [5, 5.41) is 0. The van der Waals surface area contributed by atoms with Gasteiger partial charge in [-0.05, 0) is 61.0 Å². The van der Waals surface area contributed by atoms with Crippen molar-refractivity contribution in [1.82, 2.24) is 0 Å². The zero-order valence-corrected chi connectivity index (χ0v) is 15.0. The van der Waals surface area contributed by atoms with Crippen molar-refractivity contribution in [3.05, 3.63) is 23.8 Å². The van der Waals surface area contributed by atoms with Crippen LogP contribution in [0, 0.1) is 28.6 Å². The van der Waals surface area contributed by atoms with Crippen molar-refractivity contribution < 1.29 is 19.1 Å². The summed E-state index contributed by atoms with van der Waals surface area (Å²) in [5.41, 5.74) is 0.572. The zero-order chi connectivity index (χ0) is 17.8. The van der Waals surface area contributed by atoms with E-state index in [2.05, 4.69) is 19.1 Å². The Balaban J connectivity index is 1.73. The van der Waals surface area contributed by atoms with E-state index in [1.807, 2.05) is 6.08 Å². The van der Waals surface area contributed by atoms with Crippen molar-refractivity contribution in [2.24, 2.45) is 28.6 Å². The molecule has 0 unspecified atom stereocenters. The molecule has 0 amide bonds. The maximum Gasteiger partial charge on any atom is 0.302 e. The number of esters is 1. The van der Waals surface area contributed by atoms with Crippen molar-refractivity contribution in [2.75, 3.05) is 6.61 Å². The highest BCUT2D eigenvalue weighted by Gasteiger charge is 2.62. The number of allylic oxidation sites excluding steroid dienone is 4. The molecule has 0 heterocycles. The Morgan fingerprint density at radius 2 is 2.04 bits per heavy atom. The van der Waals surface area contributed by atoms with Crippen LogP contribution in [0.25, 0.3) is 0 Å². The smallest absolute Gasteiger partial charge is 0.302 e. The fourth-order valence-electron chi connectivity index (χ4n) is 6.13. The van der Waals surface area contributed by atoms with E-state index < -0.39 is 5.41 Å². The molecule has 2 fully saturated rings. The average Bonchev–Trinajstić information content (AvgIpc) is 2.91. The topological polar surface area (TPSA) is 60.4 Å². The fourth-order valence-corrected chi connectivity index (χ4v) is 6.13. The number of hydrogen-bond acceptors (Lipinski definition) is 4. The van der Waals surface area contributed by atoms with E-state index in [1.165, 1.54) is 12.5 Å². The molecule has 0 spiro atoms. The minimum absolute atomic E-state index is 0.0196. The summed E-state index contributed by atoms with van der Waals surface area (Å²) in [4.78, 5) is 37.1. The van der Waals surface area contributed by atoms with Crippen molar-refractivity contribution in [2.45, 2.75) is 52.4 Å². The third-order valence-corrected chi connectivity index (χ3v) is 7.48. The second-order valence-electron chi connectivity index (χ2n) is 8.54. The number of ether oxygens (including phenoxy) is 1. The molecule has 0 radical (unpaired) electrons. The Kier molecular flexibility index (Phi) is 3.78. The van der Waals surface area contributed by atoms with Gasteiger partial charge in [-0.15, -0.1) is 0 Å². The average molecular weight is 342 g/mol. The van der Waals surface area contributed by atoms with E-state index in [4.69, 9.17) is 4.74 Å². The Bertz CT molecular complexity index is 703. The number of carbonyl (C=O) groups is 3. The summed E-state index contributed by atoms with van der Waals surface area (Å²) in [6.07, 6.45) is 11.1. The summed E-state index contributed by atoms with van der Waals surface area (Å²) < 4.78 is 5.31. The number of carbonyl (C=O) groups excluding carboxylic acids is 3. The van der Waals surface area contributed by atoms with Gasteiger partial charge in [0.05, 0.1) is 5.41 Å². The third-order valence-electron chi connectivity index (χ3n) is 7.48. The van der Waals surface area contributed by atoms with E-state index in [0.29, 0.717) is 12.3 Å². The maximum absolute atomic E-state index is 13.0. The van der Waals surface area contributed by atoms with E-state index in [0.717, 1.165) is 32.1 Å². The van der Waals surface area contributed by atoms with Crippen LogP contribution >= 0.6 is 0 Å². The first-order chi connectivity index (χ1) is 11.9. The first-order valence-corrected chi connectivity index (χ1v) is 9.48. The molecule has 0 aromatic heterocycles. The first kappa shape index (κ1) is 16.7. The summed E-state index contributed by atoms with van der Waals surface area (Å²) in [6.45, 7) is 3.82. The molecule has 0 N–H and O–H groups in total. The quantitative estimate of drug-likeness (QED) is 0.722. The Labute approximate surface area is 148 Å². The molecule has 4 rings (SSSR count). The molecule has 0 aromatic carbocycles. The van der Waals surface area contributed by atoms with Gasteiger partial charge in [0.15, 0.2) is 5.78 Å². The predicted octanol–water partition coefficient (Wildman–Crippen LogP) is 3.41. The first-order valence-electron chi connectivity index (χ1n) is 9.48. The van der Waals surface area contributed by atoms with E-state index >= 15 is 0 Å². The molecule has 25 heavy (non-hydrogen) atoms. The van der Waals surface area contributed by atoms with Gasteiger partial charge in [0.2, 0.25) is 0 Å². The Morgan fingerprint density at radius 3 is 2.80 bits per heavy atom. The van der Waals surface area contributed by atoms with Gasteiger partial charge in [-0.25, -0.2) is 0 Å². The third kappa shape index (κ3) is 2.29. The number of rotatable bonds is 2. The van der Waals surface area contributed by atoms with Gasteiger partial charge in [0.25, 0.3) is 0 Å². The number of fused-ring (bicyclic) bond motifs is 5. The lowest BCUT2D eigenvalue weighted by Gasteiger charge is -2.54. The van der Waals surface area contributed by atoms with Gasteiger partial charge in [-0.1, -0.05) is 19.1 Å². The highest BCUT2D eigenvalue weighted by molar-refractivity contribution is 5.97. The molecular weight excluding hydrogens is 316 g/mol. The zero-order valence-electron chi connectivity index (χ0n) is 15.0. The number of Topliss-reactive ketones (excluding diaryl/α,β-unsaturated/α-hetero) is 1. The van der Waals surface area contributed by atoms with Crippen LogP contribution in [0.4, 0.5) is 0 Å². The molecule has 0 saturated heterocycles. The lowest BCUT2D eigenvalue weighted by atomic mass is 9.48. The second kappa shape index (κ2) is 5.65. The van der Waals surface area contributed by atoms with Gasteiger partial charge in [-0.3, -0.25) is 14.4 Å². The molecule has 5 atom stereocenters. The van der Waals surface area contributed by atoms with Gasteiger partial charge < -0.3 is 4.74 Å². The Hall–Kier alpha value is -1.71. The van der Waals surface area contributed by atoms with Crippen molar-refractivity contribution >= 4 is 17.5 Å². The molecule has 0 bridgehead atoms. The summed E-state index contributed by atoms with van der Waals surface area (Å²) >= 11 is 0. The molecule has 134 valence electrons. The molecule has 2 saturated carbocycles.